The maximum absolute atomic E-state index is 13.1. The van der Waals surface area contributed by atoms with Gasteiger partial charge in [-0.05, 0) is 54.8 Å². The molecule has 6 heteroatoms. The number of imide groups is 1. The maximum atomic E-state index is 13.1. The number of methoxy groups -OCH3 is 2. The second-order valence-electron chi connectivity index (χ2n) is 6.83. The van der Waals surface area contributed by atoms with E-state index < -0.39 is 0 Å². The zero-order chi connectivity index (χ0) is 21.1. The van der Waals surface area contributed by atoms with E-state index in [1.54, 1.807) is 25.3 Å². The molecule has 1 heterocycles. The van der Waals surface area contributed by atoms with Crippen molar-refractivity contribution in [2.45, 2.75) is 13.8 Å². The summed E-state index contributed by atoms with van der Waals surface area (Å²) in [5.74, 6) is 0.249. The number of benzene rings is 2. The van der Waals surface area contributed by atoms with Gasteiger partial charge in [0.15, 0.2) is 11.5 Å². The van der Waals surface area contributed by atoms with Crippen LogP contribution in [0.25, 0.3) is 5.57 Å². The number of amides is 2. The number of hydrogen-bond acceptors (Lipinski definition) is 5. The van der Waals surface area contributed by atoms with Crippen LogP contribution in [0, 0.1) is 13.8 Å². The molecule has 1 N–H and O–H groups in total. The topological polar surface area (TPSA) is 67.9 Å². The lowest BCUT2D eigenvalue weighted by Crippen LogP contribution is -2.32. The van der Waals surface area contributed by atoms with E-state index >= 15 is 0 Å². The molecule has 3 rings (SSSR count). The van der Waals surface area contributed by atoms with Crippen LogP contribution < -0.4 is 14.8 Å². The summed E-state index contributed by atoms with van der Waals surface area (Å²) in [6.07, 6.45) is 1.53. The molecule has 6 nitrogen and oxygen atoms in total. The summed E-state index contributed by atoms with van der Waals surface area (Å²) in [4.78, 5) is 27.3. The Kier molecular flexibility index (Phi) is 5.73. The van der Waals surface area contributed by atoms with Crippen LogP contribution in [0.5, 0.6) is 11.5 Å². The normalized spacial score (nSPS) is 13.7. The molecule has 150 valence electrons. The highest BCUT2D eigenvalue weighted by Crippen LogP contribution is 2.35. The number of nitrogens with one attached hydrogen (secondary N) is 1. The van der Waals surface area contributed by atoms with Crippen LogP contribution in [-0.2, 0) is 9.59 Å². The van der Waals surface area contributed by atoms with Gasteiger partial charge in [0.05, 0.1) is 19.8 Å². The lowest BCUT2D eigenvalue weighted by molar-refractivity contribution is -0.136. The van der Waals surface area contributed by atoms with Gasteiger partial charge in [-0.15, -0.1) is 6.58 Å². The molecule has 0 saturated carbocycles. The van der Waals surface area contributed by atoms with Gasteiger partial charge in [0, 0.05) is 12.2 Å². The zero-order valence-corrected chi connectivity index (χ0v) is 17.0. The number of carbonyl (C=O) groups excluding carboxylic acids is 2. The molecular weight excluding hydrogens is 368 g/mol. The largest absolute Gasteiger partial charge is 0.493 e. The third kappa shape index (κ3) is 3.87. The summed E-state index contributed by atoms with van der Waals surface area (Å²) in [7, 11) is 3.07. The van der Waals surface area contributed by atoms with Crippen molar-refractivity contribution in [3.8, 4) is 11.5 Å². The quantitative estimate of drug-likeness (QED) is 0.575. The highest BCUT2D eigenvalue weighted by Gasteiger charge is 2.38. The van der Waals surface area contributed by atoms with Crippen molar-refractivity contribution < 1.29 is 19.1 Å². The first kappa shape index (κ1) is 20.2. The Hall–Kier alpha value is -3.54. The fourth-order valence-corrected chi connectivity index (χ4v) is 3.44. The van der Waals surface area contributed by atoms with E-state index in [-0.39, 0.29) is 29.6 Å². The third-order valence-corrected chi connectivity index (χ3v) is 4.64. The lowest BCUT2D eigenvalue weighted by atomic mass is 10.0. The molecule has 0 aromatic heterocycles. The van der Waals surface area contributed by atoms with Gasteiger partial charge in [0.2, 0.25) is 0 Å². The van der Waals surface area contributed by atoms with E-state index in [1.807, 2.05) is 32.0 Å². The molecule has 0 spiro atoms. The molecule has 2 aromatic carbocycles. The number of nitrogens with zero attached hydrogens (tertiary/aromatic N) is 1. The van der Waals surface area contributed by atoms with Crippen molar-refractivity contribution in [3.05, 3.63) is 71.4 Å². The molecule has 1 aliphatic rings. The minimum Gasteiger partial charge on any atom is -0.493 e. The lowest BCUT2D eigenvalue weighted by Gasteiger charge is -2.13. The number of carbonyl (C=O) groups is 2. The van der Waals surface area contributed by atoms with Crippen molar-refractivity contribution >= 4 is 23.1 Å². The first-order valence-electron chi connectivity index (χ1n) is 9.18. The smallest absolute Gasteiger partial charge is 0.278 e. The van der Waals surface area contributed by atoms with Gasteiger partial charge < -0.3 is 14.8 Å². The minimum absolute atomic E-state index is 0.131. The standard InChI is InChI=1S/C23H24N2O4/c1-6-9-25-22(26)20(16-7-8-18(28-4)19(13-16)29-5)21(23(25)27)24-17-11-14(2)10-15(3)12-17/h6-8,10-13,24H,1,9H2,2-5H3. The Morgan fingerprint density at radius 2 is 1.62 bits per heavy atom. The van der Waals surface area contributed by atoms with Crippen LogP contribution in [0.4, 0.5) is 5.69 Å². The molecule has 0 fully saturated rings. The van der Waals surface area contributed by atoms with Crippen molar-refractivity contribution in [2.75, 3.05) is 26.1 Å². The molecule has 2 amide bonds. The van der Waals surface area contributed by atoms with Crippen molar-refractivity contribution in [2.24, 2.45) is 0 Å². The third-order valence-electron chi connectivity index (χ3n) is 4.64. The van der Waals surface area contributed by atoms with Crippen molar-refractivity contribution in [1.29, 1.82) is 0 Å². The predicted molar refractivity (Wildman–Crippen MR) is 113 cm³/mol. The van der Waals surface area contributed by atoms with Gasteiger partial charge >= 0.3 is 0 Å². The fraction of sp³-hybridized carbons (Fsp3) is 0.217. The molecule has 0 aliphatic carbocycles. The van der Waals surface area contributed by atoms with E-state index in [4.69, 9.17) is 9.47 Å². The van der Waals surface area contributed by atoms with E-state index in [1.165, 1.54) is 18.1 Å². The Morgan fingerprint density at radius 3 is 2.21 bits per heavy atom. The number of ether oxygens (including phenoxy) is 2. The first-order valence-corrected chi connectivity index (χ1v) is 9.18. The van der Waals surface area contributed by atoms with Crippen LogP contribution in [0.3, 0.4) is 0 Å². The van der Waals surface area contributed by atoms with Crippen LogP contribution in [0.2, 0.25) is 0 Å². The molecule has 2 aromatic rings. The van der Waals surface area contributed by atoms with E-state index in [0.717, 1.165) is 16.8 Å². The molecule has 1 aliphatic heterocycles. The average molecular weight is 392 g/mol. The number of anilines is 1. The van der Waals surface area contributed by atoms with E-state index in [2.05, 4.69) is 11.9 Å². The Labute approximate surface area is 170 Å². The molecule has 29 heavy (non-hydrogen) atoms. The monoisotopic (exact) mass is 392 g/mol. The van der Waals surface area contributed by atoms with Crippen molar-refractivity contribution in [3.63, 3.8) is 0 Å². The van der Waals surface area contributed by atoms with E-state index in [0.29, 0.717) is 17.1 Å². The number of aryl methyl sites for hydroxylation is 2. The number of rotatable bonds is 7. The molecule has 0 unspecified atom stereocenters. The summed E-state index contributed by atoms with van der Waals surface area (Å²) in [6.45, 7) is 7.74. The minimum atomic E-state index is -0.390. The van der Waals surface area contributed by atoms with Gasteiger partial charge in [-0.2, -0.15) is 0 Å². The summed E-state index contributed by atoms with van der Waals surface area (Å²) < 4.78 is 10.6. The molecule has 0 atom stereocenters. The Balaban J connectivity index is 2.14. The maximum Gasteiger partial charge on any atom is 0.278 e. The van der Waals surface area contributed by atoms with Crippen LogP contribution in [0.1, 0.15) is 16.7 Å². The Morgan fingerprint density at radius 1 is 0.966 bits per heavy atom. The average Bonchev–Trinajstić information content (AvgIpc) is 2.91. The van der Waals surface area contributed by atoms with Gasteiger partial charge in [-0.25, -0.2) is 0 Å². The molecule has 0 bridgehead atoms. The second kappa shape index (κ2) is 8.22. The van der Waals surface area contributed by atoms with Gasteiger partial charge in [-0.3, -0.25) is 14.5 Å². The second-order valence-corrected chi connectivity index (χ2v) is 6.83. The summed E-state index contributed by atoms with van der Waals surface area (Å²) in [5, 5.41) is 3.17. The van der Waals surface area contributed by atoms with Crippen molar-refractivity contribution in [1.82, 2.24) is 4.90 Å². The molecule has 0 saturated heterocycles. The molecule has 0 radical (unpaired) electrons. The Bertz CT molecular complexity index is 1000. The first-order chi connectivity index (χ1) is 13.9. The van der Waals surface area contributed by atoms with E-state index in [9.17, 15) is 9.59 Å². The highest BCUT2D eigenvalue weighted by molar-refractivity contribution is 6.36. The fourth-order valence-electron chi connectivity index (χ4n) is 3.44. The van der Waals surface area contributed by atoms with Gasteiger partial charge in [0.1, 0.15) is 5.70 Å². The van der Waals surface area contributed by atoms with Gasteiger partial charge in [0.25, 0.3) is 11.8 Å². The van der Waals surface area contributed by atoms with Crippen LogP contribution in [0.15, 0.2) is 54.8 Å². The number of hydrogen-bond donors (Lipinski definition) is 1. The van der Waals surface area contributed by atoms with Gasteiger partial charge in [-0.1, -0.05) is 18.2 Å². The SMILES string of the molecule is C=CCN1C(=O)C(Nc2cc(C)cc(C)c2)=C(c2ccc(OC)c(OC)c2)C1=O. The summed E-state index contributed by atoms with van der Waals surface area (Å²) >= 11 is 0. The summed E-state index contributed by atoms with van der Waals surface area (Å²) in [5.41, 5.74) is 3.95. The summed E-state index contributed by atoms with van der Waals surface area (Å²) in [6, 6.07) is 11.0. The van der Waals surface area contributed by atoms with Crippen LogP contribution in [-0.4, -0.2) is 37.5 Å². The highest BCUT2D eigenvalue weighted by atomic mass is 16.5. The zero-order valence-electron chi connectivity index (χ0n) is 17.0. The van der Waals surface area contributed by atoms with Crippen LogP contribution >= 0.6 is 0 Å². The predicted octanol–water partition coefficient (Wildman–Crippen LogP) is 3.70. The molecular formula is C23H24N2O4.